The molecule has 5 aromatic rings. The topological polar surface area (TPSA) is 194 Å². The zero-order chi connectivity index (χ0) is 42.2. The minimum Gasteiger partial charge on any atom is -0.497 e. The molecular weight excluding hydrogens is 777 g/mol. The molecule has 312 valence electrons. The minimum absolute atomic E-state index is 0.164. The van der Waals surface area contributed by atoms with Gasteiger partial charge >= 0.3 is 6.03 Å². The molecule has 16 nitrogen and oxygen atoms in total. The highest BCUT2D eigenvalue weighted by molar-refractivity contribution is 7.92. The number of nitrogens with zero attached hydrogens (tertiary/aromatic N) is 3. The van der Waals surface area contributed by atoms with Gasteiger partial charge in [0.1, 0.15) is 11.5 Å². The van der Waals surface area contributed by atoms with E-state index >= 15 is 0 Å². The van der Waals surface area contributed by atoms with E-state index < -0.39 is 16.1 Å². The van der Waals surface area contributed by atoms with Crippen molar-refractivity contribution in [3.63, 3.8) is 0 Å². The Morgan fingerprint density at radius 1 is 0.881 bits per heavy atom. The van der Waals surface area contributed by atoms with Gasteiger partial charge in [-0.3, -0.25) is 14.4 Å². The van der Waals surface area contributed by atoms with E-state index in [1.165, 1.54) is 7.11 Å². The first kappa shape index (κ1) is 42.4. The molecule has 59 heavy (non-hydrogen) atoms. The van der Waals surface area contributed by atoms with Crippen LogP contribution in [-0.4, -0.2) is 95.1 Å². The largest absolute Gasteiger partial charge is 0.497 e. The summed E-state index contributed by atoms with van der Waals surface area (Å²) < 4.78 is 49.5. The van der Waals surface area contributed by atoms with Gasteiger partial charge in [-0.1, -0.05) is 45.0 Å². The van der Waals surface area contributed by atoms with Gasteiger partial charge in [-0.25, -0.2) is 18.2 Å². The number of aromatic nitrogens is 2. The standard InChI is InChI=1S/C42H50N8O8S/c1-42(2,3)29-24-34(38(56-5)35(25-29)49-59(6,53)54)47-41(52)46-33-11-12-36(32-10-8-7-9-31(32)33)58-37-13-14-44-40(48-37)45-26-27-21-28(23-30(22-27)55-4)39(51)43-15-16-50-17-19-57-20-18-50/h7-14,21-25,49H,15-20,26H2,1-6H3,(H,43,51)(H,44,45,48)(H2,46,47,52). The van der Waals surface area contributed by atoms with Gasteiger partial charge in [-0.15, -0.1) is 0 Å². The number of carbonyl (C=O) groups excluding carboxylic acids is 2. The highest BCUT2D eigenvalue weighted by Crippen LogP contribution is 2.40. The van der Waals surface area contributed by atoms with Crippen LogP contribution in [0.3, 0.4) is 0 Å². The molecule has 5 N–H and O–H groups in total. The molecule has 0 radical (unpaired) electrons. The van der Waals surface area contributed by atoms with Gasteiger partial charge in [0.05, 0.1) is 50.8 Å². The van der Waals surface area contributed by atoms with Crippen LogP contribution in [-0.2, 0) is 26.7 Å². The zero-order valence-corrected chi connectivity index (χ0v) is 34.8. The second-order valence-electron chi connectivity index (χ2n) is 14.9. The van der Waals surface area contributed by atoms with E-state index in [-0.39, 0.29) is 34.3 Å². The lowest BCUT2D eigenvalue weighted by Crippen LogP contribution is -2.41. The second kappa shape index (κ2) is 18.6. The van der Waals surface area contributed by atoms with Gasteiger partial charge in [0.15, 0.2) is 5.75 Å². The van der Waals surface area contributed by atoms with Gasteiger partial charge < -0.3 is 40.2 Å². The Bertz CT molecular complexity index is 2420. The fourth-order valence-electron chi connectivity index (χ4n) is 6.44. The summed E-state index contributed by atoms with van der Waals surface area (Å²) in [6.45, 7) is 10.6. The maximum atomic E-state index is 13.5. The average molecular weight is 827 g/mol. The highest BCUT2D eigenvalue weighted by Gasteiger charge is 2.23. The van der Waals surface area contributed by atoms with Crippen molar-refractivity contribution in [1.29, 1.82) is 0 Å². The van der Waals surface area contributed by atoms with E-state index in [0.29, 0.717) is 65.8 Å². The molecule has 4 aromatic carbocycles. The first-order chi connectivity index (χ1) is 28.2. The molecule has 2 heterocycles. The molecule has 17 heteroatoms. The lowest BCUT2D eigenvalue weighted by Gasteiger charge is -2.26. The van der Waals surface area contributed by atoms with Crippen LogP contribution in [0.1, 0.15) is 42.3 Å². The van der Waals surface area contributed by atoms with E-state index in [1.54, 1.807) is 55.8 Å². The zero-order valence-electron chi connectivity index (χ0n) is 34.0. The van der Waals surface area contributed by atoms with Crippen LogP contribution in [0.5, 0.6) is 23.1 Å². The molecule has 1 aliphatic rings. The minimum atomic E-state index is -3.65. The third kappa shape index (κ3) is 11.5. The molecule has 0 unspecified atom stereocenters. The first-order valence-electron chi connectivity index (χ1n) is 19.0. The van der Waals surface area contributed by atoms with Crippen molar-refractivity contribution in [2.75, 3.05) is 80.5 Å². The summed E-state index contributed by atoms with van der Waals surface area (Å²) in [6.07, 6.45) is 2.62. The molecule has 0 spiro atoms. The number of methoxy groups -OCH3 is 2. The lowest BCUT2D eigenvalue weighted by molar-refractivity contribution is 0.0383. The molecule has 0 atom stereocenters. The van der Waals surface area contributed by atoms with E-state index in [9.17, 15) is 18.0 Å². The molecule has 1 fully saturated rings. The number of benzene rings is 4. The monoisotopic (exact) mass is 826 g/mol. The predicted octanol–water partition coefficient (Wildman–Crippen LogP) is 6.43. The van der Waals surface area contributed by atoms with Crippen molar-refractivity contribution in [2.24, 2.45) is 0 Å². The summed E-state index contributed by atoms with van der Waals surface area (Å²) in [6, 6.07) is 20.7. The third-order valence-corrected chi connectivity index (χ3v) is 10.0. The van der Waals surface area contributed by atoms with Gasteiger partial charge in [0.25, 0.3) is 5.91 Å². The maximum absolute atomic E-state index is 13.5. The molecule has 0 aliphatic carbocycles. The Kier molecular flexibility index (Phi) is 13.4. The van der Waals surface area contributed by atoms with Gasteiger partial charge in [-0.05, 0) is 59.0 Å². The smallest absolute Gasteiger partial charge is 0.323 e. The molecule has 1 saturated heterocycles. The van der Waals surface area contributed by atoms with Gasteiger partial charge in [0, 0.05) is 61.3 Å². The molecule has 6 rings (SSSR count). The fourth-order valence-corrected chi connectivity index (χ4v) is 6.99. The Morgan fingerprint density at radius 3 is 2.32 bits per heavy atom. The third-order valence-electron chi connectivity index (χ3n) is 9.41. The number of carbonyl (C=O) groups is 2. The number of urea groups is 1. The lowest BCUT2D eigenvalue weighted by atomic mass is 9.86. The Balaban J connectivity index is 1.14. The van der Waals surface area contributed by atoms with Crippen molar-refractivity contribution < 1.29 is 37.0 Å². The predicted molar refractivity (Wildman–Crippen MR) is 229 cm³/mol. The average Bonchev–Trinajstić information content (AvgIpc) is 3.20. The van der Waals surface area contributed by atoms with Crippen LogP contribution < -0.4 is 40.2 Å². The van der Waals surface area contributed by atoms with Crippen molar-refractivity contribution in [3.8, 4) is 23.1 Å². The number of anilines is 4. The van der Waals surface area contributed by atoms with Crippen molar-refractivity contribution in [1.82, 2.24) is 20.2 Å². The van der Waals surface area contributed by atoms with E-state index in [1.807, 2.05) is 51.1 Å². The number of hydrogen-bond acceptors (Lipinski definition) is 12. The molecule has 3 amide bonds. The van der Waals surface area contributed by atoms with Crippen molar-refractivity contribution in [3.05, 3.63) is 95.7 Å². The summed E-state index contributed by atoms with van der Waals surface area (Å²) in [5, 5.41) is 13.4. The summed E-state index contributed by atoms with van der Waals surface area (Å²) >= 11 is 0. The van der Waals surface area contributed by atoms with Crippen LogP contribution in [0, 0.1) is 0 Å². The number of ether oxygens (including phenoxy) is 4. The highest BCUT2D eigenvalue weighted by atomic mass is 32.2. The van der Waals surface area contributed by atoms with Crippen LogP contribution in [0.4, 0.5) is 27.8 Å². The van der Waals surface area contributed by atoms with Gasteiger partial charge in [-0.2, -0.15) is 4.98 Å². The van der Waals surface area contributed by atoms with Crippen LogP contribution in [0.2, 0.25) is 0 Å². The SMILES string of the molecule is COc1cc(CNc2nccc(Oc3ccc(NC(=O)Nc4cc(C(C)(C)C)cc(NS(C)(=O)=O)c4OC)c4ccccc34)n2)cc(C(=O)NCCN2CCOCC2)c1. The quantitative estimate of drug-likeness (QED) is 0.0778. The Labute approximate surface area is 344 Å². The normalized spacial score (nSPS) is 13.3. The summed E-state index contributed by atoms with van der Waals surface area (Å²) in [5.41, 5.74) is 2.67. The van der Waals surface area contributed by atoms with E-state index in [4.69, 9.17) is 18.9 Å². The van der Waals surface area contributed by atoms with Crippen molar-refractivity contribution >= 4 is 55.7 Å². The number of rotatable bonds is 15. The maximum Gasteiger partial charge on any atom is 0.323 e. The fraction of sp³-hybridized carbons (Fsp3) is 0.333. The Hall–Kier alpha value is -6.17. The van der Waals surface area contributed by atoms with E-state index in [0.717, 1.165) is 37.0 Å². The van der Waals surface area contributed by atoms with Crippen LogP contribution in [0.15, 0.2) is 79.0 Å². The number of hydrogen-bond donors (Lipinski definition) is 5. The van der Waals surface area contributed by atoms with Gasteiger partial charge in [0.2, 0.25) is 21.9 Å². The molecule has 0 bridgehead atoms. The van der Waals surface area contributed by atoms with E-state index in [2.05, 4.69) is 40.9 Å². The number of sulfonamides is 1. The number of amides is 3. The molecule has 0 saturated carbocycles. The number of morpholine rings is 1. The number of fused-ring (bicyclic) bond motifs is 1. The van der Waals surface area contributed by atoms with Crippen LogP contribution in [0.25, 0.3) is 10.8 Å². The molecule has 1 aliphatic heterocycles. The second-order valence-corrected chi connectivity index (χ2v) is 16.7. The Morgan fingerprint density at radius 2 is 1.61 bits per heavy atom. The number of nitrogens with one attached hydrogen (secondary N) is 5. The first-order valence-corrected chi connectivity index (χ1v) is 20.9. The summed E-state index contributed by atoms with van der Waals surface area (Å²) in [7, 11) is -0.689. The summed E-state index contributed by atoms with van der Waals surface area (Å²) in [4.78, 5) is 37.7. The molecule has 1 aromatic heterocycles. The molecular formula is C42H50N8O8S. The van der Waals surface area contributed by atoms with Crippen molar-refractivity contribution in [2.45, 2.75) is 32.7 Å². The van der Waals surface area contributed by atoms with Crippen LogP contribution >= 0.6 is 0 Å². The summed E-state index contributed by atoms with van der Waals surface area (Å²) in [5.74, 6) is 1.60.